The normalized spacial score (nSPS) is 29.3. The molecular formula is C12H22N2O2. The number of aliphatic hydroxyl groups excluding tert-OH is 1. The van der Waals surface area contributed by atoms with Gasteiger partial charge in [0.1, 0.15) is 0 Å². The van der Waals surface area contributed by atoms with Crippen molar-refractivity contribution >= 4 is 5.91 Å². The summed E-state index contributed by atoms with van der Waals surface area (Å²) in [5.74, 6) is 1.38. The maximum atomic E-state index is 11.4. The Morgan fingerprint density at radius 2 is 1.88 bits per heavy atom. The molecular weight excluding hydrogens is 204 g/mol. The van der Waals surface area contributed by atoms with Crippen LogP contribution in [0.2, 0.25) is 0 Å². The van der Waals surface area contributed by atoms with Gasteiger partial charge in [0.2, 0.25) is 5.91 Å². The van der Waals surface area contributed by atoms with Crippen LogP contribution in [0.3, 0.4) is 0 Å². The maximum absolute atomic E-state index is 11.4. The van der Waals surface area contributed by atoms with Crippen LogP contribution >= 0.6 is 0 Å². The molecule has 0 bridgehead atoms. The van der Waals surface area contributed by atoms with Gasteiger partial charge in [0, 0.05) is 6.54 Å². The van der Waals surface area contributed by atoms with E-state index in [2.05, 4.69) is 10.6 Å². The first-order valence-electron chi connectivity index (χ1n) is 6.39. The van der Waals surface area contributed by atoms with Gasteiger partial charge in [-0.05, 0) is 50.5 Å². The van der Waals surface area contributed by atoms with Crippen molar-refractivity contribution in [1.82, 2.24) is 10.6 Å². The molecule has 2 aliphatic carbocycles. The molecule has 2 atom stereocenters. The largest absolute Gasteiger partial charge is 0.393 e. The Labute approximate surface area is 96.8 Å². The van der Waals surface area contributed by atoms with E-state index in [1.807, 2.05) is 0 Å². The van der Waals surface area contributed by atoms with Crippen molar-refractivity contribution in [1.29, 1.82) is 0 Å². The maximum Gasteiger partial charge on any atom is 0.233 e. The summed E-state index contributed by atoms with van der Waals surface area (Å²) in [4.78, 5) is 11.4. The van der Waals surface area contributed by atoms with Gasteiger partial charge in [0.05, 0.1) is 12.6 Å². The Bertz CT molecular complexity index is 241. The molecule has 3 N–H and O–H groups in total. The van der Waals surface area contributed by atoms with E-state index in [4.69, 9.17) is 0 Å². The highest BCUT2D eigenvalue weighted by Crippen LogP contribution is 2.27. The van der Waals surface area contributed by atoms with Gasteiger partial charge >= 0.3 is 0 Å². The lowest BCUT2D eigenvalue weighted by Gasteiger charge is -2.11. The van der Waals surface area contributed by atoms with E-state index in [9.17, 15) is 9.90 Å². The summed E-state index contributed by atoms with van der Waals surface area (Å²) >= 11 is 0. The van der Waals surface area contributed by atoms with Gasteiger partial charge in [-0.2, -0.15) is 0 Å². The van der Waals surface area contributed by atoms with E-state index in [0.717, 1.165) is 38.3 Å². The quantitative estimate of drug-likeness (QED) is 0.609. The number of aliphatic hydroxyl groups is 1. The predicted molar refractivity (Wildman–Crippen MR) is 62.0 cm³/mol. The highest BCUT2D eigenvalue weighted by molar-refractivity contribution is 5.77. The molecule has 0 aliphatic heterocycles. The third-order valence-corrected chi connectivity index (χ3v) is 3.52. The molecule has 2 unspecified atom stereocenters. The Morgan fingerprint density at radius 1 is 1.12 bits per heavy atom. The van der Waals surface area contributed by atoms with E-state index in [-0.39, 0.29) is 12.0 Å². The molecule has 2 fully saturated rings. The van der Waals surface area contributed by atoms with Crippen LogP contribution in [-0.2, 0) is 4.79 Å². The van der Waals surface area contributed by atoms with Crippen LogP contribution in [0.25, 0.3) is 0 Å². The third kappa shape index (κ3) is 4.10. The fourth-order valence-corrected chi connectivity index (χ4v) is 2.27. The molecule has 1 amide bonds. The lowest BCUT2D eigenvalue weighted by Crippen LogP contribution is -2.37. The van der Waals surface area contributed by atoms with Gasteiger partial charge in [0.15, 0.2) is 0 Å². The number of carbonyl (C=O) groups excluding carboxylic acids is 1. The molecule has 2 saturated carbocycles. The summed E-state index contributed by atoms with van der Waals surface area (Å²) in [7, 11) is 0. The number of amides is 1. The lowest BCUT2D eigenvalue weighted by atomic mass is 10.1. The van der Waals surface area contributed by atoms with Gasteiger partial charge in [-0.1, -0.05) is 0 Å². The average molecular weight is 226 g/mol. The molecule has 0 saturated heterocycles. The topological polar surface area (TPSA) is 61.4 Å². The van der Waals surface area contributed by atoms with Crippen LogP contribution < -0.4 is 10.6 Å². The van der Waals surface area contributed by atoms with Crippen LogP contribution in [-0.4, -0.2) is 36.8 Å². The Balaban J connectivity index is 1.49. The first-order chi connectivity index (χ1) is 7.74. The van der Waals surface area contributed by atoms with Crippen LogP contribution in [0.4, 0.5) is 0 Å². The standard InChI is InChI=1S/C12H22N2O2/c15-11-4-3-10(5-11)7-14-12(16)8-13-6-9-1-2-9/h9-11,13,15H,1-8H2,(H,14,16). The number of rotatable bonds is 6. The molecule has 2 rings (SSSR count). The SMILES string of the molecule is O=C(CNCC1CC1)NCC1CCC(O)C1. The summed E-state index contributed by atoms with van der Waals surface area (Å²) in [5, 5.41) is 15.4. The summed E-state index contributed by atoms with van der Waals surface area (Å²) in [5.41, 5.74) is 0. The van der Waals surface area contributed by atoms with Crippen molar-refractivity contribution in [2.45, 2.75) is 38.2 Å². The summed E-state index contributed by atoms with van der Waals surface area (Å²) in [6, 6.07) is 0. The zero-order valence-corrected chi connectivity index (χ0v) is 9.74. The second kappa shape index (κ2) is 5.64. The van der Waals surface area contributed by atoms with Crippen molar-refractivity contribution in [2.75, 3.05) is 19.6 Å². The Kier molecular flexibility index (Phi) is 4.18. The molecule has 0 aromatic rings. The van der Waals surface area contributed by atoms with Gasteiger partial charge in [-0.15, -0.1) is 0 Å². The molecule has 16 heavy (non-hydrogen) atoms. The first kappa shape index (κ1) is 11.9. The molecule has 4 heteroatoms. The monoisotopic (exact) mass is 226 g/mol. The Morgan fingerprint density at radius 3 is 2.50 bits per heavy atom. The summed E-state index contributed by atoms with van der Waals surface area (Å²) < 4.78 is 0. The third-order valence-electron chi connectivity index (χ3n) is 3.52. The van der Waals surface area contributed by atoms with Gasteiger partial charge < -0.3 is 15.7 Å². The average Bonchev–Trinajstić information content (AvgIpc) is 2.98. The predicted octanol–water partition coefficient (Wildman–Crippen LogP) is 0.263. The van der Waals surface area contributed by atoms with E-state index in [0.29, 0.717) is 12.5 Å². The number of nitrogens with one attached hydrogen (secondary N) is 2. The van der Waals surface area contributed by atoms with Crippen LogP contribution in [0.15, 0.2) is 0 Å². The number of hydrogen-bond donors (Lipinski definition) is 3. The van der Waals surface area contributed by atoms with E-state index >= 15 is 0 Å². The Hall–Kier alpha value is -0.610. The van der Waals surface area contributed by atoms with Crippen LogP contribution in [0.5, 0.6) is 0 Å². The van der Waals surface area contributed by atoms with Crippen molar-refractivity contribution in [3.8, 4) is 0 Å². The van der Waals surface area contributed by atoms with Crippen molar-refractivity contribution in [2.24, 2.45) is 11.8 Å². The van der Waals surface area contributed by atoms with Gasteiger partial charge in [-0.25, -0.2) is 0 Å². The van der Waals surface area contributed by atoms with Crippen molar-refractivity contribution in [3.05, 3.63) is 0 Å². The number of hydrogen-bond acceptors (Lipinski definition) is 3. The second-order valence-corrected chi connectivity index (χ2v) is 5.21. The van der Waals surface area contributed by atoms with Crippen molar-refractivity contribution < 1.29 is 9.90 Å². The number of carbonyl (C=O) groups is 1. The van der Waals surface area contributed by atoms with Crippen LogP contribution in [0, 0.1) is 11.8 Å². The molecule has 2 aliphatic rings. The fourth-order valence-electron chi connectivity index (χ4n) is 2.27. The smallest absolute Gasteiger partial charge is 0.233 e. The molecule has 0 aromatic heterocycles. The molecule has 4 nitrogen and oxygen atoms in total. The van der Waals surface area contributed by atoms with Crippen molar-refractivity contribution in [3.63, 3.8) is 0 Å². The minimum Gasteiger partial charge on any atom is -0.393 e. The minimum atomic E-state index is -0.144. The van der Waals surface area contributed by atoms with Gasteiger partial charge in [-0.3, -0.25) is 4.79 Å². The molecule has 0 radical (unpaired) electrons. The zero-order valence-electron chi connectivity index (χ0n) is 9.74. The van der Waals surface area contributed by atoms with E-state index in [1.165, 1.54) is 12.8 Å². The minimum absolute atomic E-state index is 0.0852. The highest BCUT2D eigenvalue weighted by Gasteiger charge is 2.23. The van der Waals surface area contributed by atoms with Crippen LogP contribution in [0.1, 0.15) is 32.1 Å². The lowest BCUT2D eigenvalue weighted by molar-refractivity contribution is -0.120. The summed E-state index contributed by atoms with van der Waals surface area (Å²) in [6.45, 7) is 2.14. The molecule has 92 valence electrons. The summed E-state index contributed by atoms with van der Waals surface area (Å²) in [6.07, 6.45) is 5.26. The van der Waals surface area contributed by atoms with E-state index in [1.54, 1.807) is 0 Å². The zero-order chi connectivity index (χ0) is 11.4. The first-order valence-corrected chi connectivity index (χ1v) is 6.39. The van der Waals surface area contributed by atoms with E-state index < -0.39 is 0 Å². The molecule has 0 aromatic carbocycles. The molecule has 0 heterocycles. The second-order valence-electron chi connectivity index (χ2n) is 5.21. The fraction of sp³-hybridized carbons (Fsp3) is 0.917. The molecule has 0 spiro atoms. The van der Waals surface area contributed by atoms with Gasteiger partial charge in [0.25, 0.3) is 0 Å². The highest BCUT2D eigenvalue weighted by atomic mass is 16.3.